The first-order valence-electron chi connectivity index (χ1n) is 17.9. The Hall–Kier alpha value is -7.37. The Balaban J connectivity index is 1.16. The minimum absolute atomic E-state index is 0.608. The summed E-state index contributed by atoms with van der Waals surface area (Å²) >= 11 is 0. The number of rotatable bonds is 8. The van der Waals surface area contributed by atoms with Gasteiger partial charge in [0, 0.05) is 29.1 Å². The molecule has 254 valence electrons. The number of pyridine rings is 3. The van der Waals surface area contributed by atoms with Crippen molar-refractivity contribution >= 4 is 0 Å². The van der Waals surface area contributed by atoms with Gasteiger partial charge in [0.25, 0.3) is 0 Å². The molecule has 0 atom stereocenters. The summed E-state index contributed by atoms with van der Waals surface area (Å²) in [7, 11) is 0. The molecule has 0 amide bonds. The topological polar surface area (TPSA) is 64.5 Å². The molecule has 9 rings (SSSR count). The highest BCUT2D eigenvalue weighted by Gasteiger charge is 2.15. The Bertz CT molecular complexity index is 2550. The van der Waals surface area contributed by atoms with Crippen molar-refractivity contribution in [2.75, 3.05) is 0 Å². The van der Waals surface area contributed by atoms with Gasteiger partial charge in [-0.2, -0.15) is 0 Å². The van der Waals surface area contributed by atoms with Crippen molar-refractivity contribution in [2.45, 2.75) is 0 Å². The summed E-state index contributed by atoms with van der Waals surface area (Å²) in [6.45, 7) is 0. The number of nitrogens with zero attached hydrogens (tertiary/aromatic N) is 5. The molecule has 0 bridgehead atoms. The number of hydrogen-bond donors (Lipinski definition) is 0. The molecule has 9 aromatic rings. The second-order valence-electron chi connectivity index (χ2n) is 13.0. The molecule has 0 unspecified atom stereocenters. The highest BCUT2D eigenvalue weighted by molar-refractivity contribution is 5.84. The molecule has 5 nitrogen and oxygen atoms in total. The van der Waals surface area contributed by atoms with Gasteiger partial charge < -0.3 is 0 Å². The minimum Gasteiger partial charge on any atom is -0.255 e. The van der Waals surface area contributed by atoms with Crippen LogP contribution in [0, 0.1) is 0 Å². The van der Waals surface area contributed by atoms with Crippen LogP contribution in [-0.4, -0.2) is 24.9 Å². The first kappa shape index (κ1) is 32.5. The lowest BCUT2D eigenvalue weighted by Gasteiger charge is -2.14. The van der Waals surface area contributed by atoms with Crippen LogP contribution in [0.1, 0.15) is 0 Å². The molecule has 0 saturated heterocycles. The molecular weight excluding hydrogens is 659 g/mol. The Labute approximate surface area is 314 Å². The average molecular weight is 692 g/mol. The molecule has 0 radical (unpaired) electrons. The standard InChI is InChI=1S/C49H33N5/c1-5-15-34(16-6-1)39-27-40(35-17-7-2-8-18-35)29-41(28-39)42-30-47(43-23-13-14-26-50-43)52-48(31-42)44-25-24-38(33-51-44)49-53-45(36-19-9-3-10-20-36)32-46(54-49)37-21-11-4-12-22-37/h1-33H. The van der Waals surface area contributed by atoms with E-state index in [1.54, 1.807) is 6.20 Å². The van der Waals surface area contributed by atoms with E-state index in [0.29, 0.717) is 5.82 Å². The first-order chi connectivity index (χ1) is 26.7. The normalized spacial score (nSPS) is 11.0. The molecule has 0 aliphatic heterocycles. The van der Waals surface area contributed by atoms with E-state index in [9.17, 15) is 0 Å². The second-order valence-corrected chi connectivity index (χ2v) is 13.0. The summed E-state index contributed by atoms with van der Waals surface area (Å²) in [6, 6.07) is 64.4. The molecule has 4 heterocycles. The molecular formula is C49H33N5. The minimum atomic E-state index is 0.608. The van der Waals surface area contributed by atoms with E-state index in [1.165, 1.54) is 0 Å². The van der Waals surface area contributed by atoms with E-state index in [4.69, 9.17) is 19.9 Å². The van der Waals surface area contributed by atoms with E-state index in [2.05, 4.69) is 108 Å². The third kappa shape index (κ3) is 6.94. The molecule has 0 saturated carbocycles. The van der Waals surface area contributed by atoms with Gasteiger partial charge in [0.1, 0.15) is 0 Å². The maximum Gasteiger partial charge on any atom is 0.161 e. The molecule has 0 aliphatic rings. The van der Waals surface area contributed by atoms with Gasteiger partial charge in [-0.3, -0.25) is 9.97 Å². The van der Waals surface area contributed by atoms with Crippen LogP contribution in [0.2, 0.25) is 0 Å². The van der Waals surface area contributed by atoms with Crippen molar-refractivity contribution in [3.8, 4) is 90.1 Å². The molecule has 5 aromatic carbocycles. The largest absolute Gasteiger partial charge is 0.255 e. The SMILES string of the molecule is c1ccc(-c2cc(-c3ccccc3)cc(-c3cc(-c4ccccn4)nc(-c4ccc(-c5nc(-c6ccccc6)cc(-c6ccccc6)n5)cn4)c3)c2)cc1. The lowest BCUT2D eigenvalue weighted by molar-refractivity contribution is 1.17. The Morgan fingerprint density at radius 1 is 0.241 bits per heavy atom. The van der Waals surface area contributed by atoms with Crippen LogP contribution in [0.15, 0.2) is 200 Å². The summed E-state index contributed by atoms with van der Waals surface area (Å²) in [5.41, 5.74) is 14.3. The summed E-state index contributed by atoms with van der Waals surface area (Å²) in [4.78, 5) is 24.8. The van der Waals surface area contributed by atoms with Gasteiger partial charge >= 0.3 is 0 Å². The van der Waals surface area contributed by atoms with E-state index < -0.39 is 0 Å². The van der Waals surface area contributed by atoms with Gasteiger partial charge in [-0.05, 0) is 94.0 Å². The van der Waals surface area contributed by atoms with Crippen LogP contribution in [0.4, 0.5) is 0 Å². The van der Waals surface area contributed by atoms with Gasteiger partial charge in [0.05, 0.1) is 34.2 Å². The van der Waals surface area contributed by atoms with Gasteiger partial charge in [0.15, 0.2) is 5.82 Å². The van der Waals surface area contributed by atoms with Crippen LogP contribution in [-0.2, 0) is 0 Å². The predicted molar refractivity (Wildman–Crippen MR) is 219 cm³/mol. The first-order valence-corrected chi connectivity index (χ1v) is 17.9. The highest BCUT2D eigenvalue weighted by Crippen LogP contribution is 2.36. The lowest BCUT2D eigenvalue weighted by Crippen LogP contribution is -1.97. The Morgan fingerprint density at radius 2 is 0.685 bits per heavy atom. The van der Waals surface area contributed by atoms with Gasteiger partial charge in [-0.15, -0.1) is 0 Å². The number of benzene rings is 5. The molecule has 0 spiro atoms. The van der Waals surface area contributed by atoms with Crippen LogP contribution in [0.25, 0.3) is 90.1 Å². The summed E-state index contributed by atoms with van der Waals surface area (Å²) in [5, 5.41) is 0. The number of hydrogen-bond acceptors (Lipinski definition) is 5. The summed E-state index contributed by atoms with van der Waals surface area (Å²) in [5.74, 6) is 0.608. The zero-order valence-electron chi connectivity index (χ0n) is 29.3. The maximum atomic E-state index is 5.11. The lowest BCUT2D eigenvalue weighted by atomic mass is 9.93. The third-order valence-corrected chi connectivity index (χ3v) is 9.38. The van der Waals surface area contributed by atoms with Crippen LogP contribution in [0.3, 0.4) is 0 Å². The third-order valence-electron chi connectivity index (χ3n) is 9.38. The average Bonchev–Trinajstić information content (AvgIpc) is 3.27. The summed E-state index contributed by atoms with van der Waals surface area (Å²) in [6.07, 6.45) is 3.64. The molecule has 0 fully saturated rings. The van der Waals surface area contributed by atoms with E-state index in [1.807, 2.05) is 91.1 Å². The fourth-order valence-electron chi connectivity index (χ4n) is 6.63. The molecule has 0 N–H and O–H groups in total. The van der Waals surface area contributed by atoms with Gasteiger partial charge in [0.2, 0.25) is 0 Å². The molecule has 0 aliphatic carbocycles. The molecule has 5 heteroatoms. The fraction of sp³-hybridized carbons (Fsp3) is 0. The quantitative estimate of drug-likeness (QED) is 0.159. The van der Waals surface area contributed by atoms with Crippen molar-refractivity contribution in [3.63, 3.8) is 0 Å². The van der Waals surface area contributed by atoms with Crippen LogP contribution in [0.5, 0.6) is 0 Å². The second kappa shape index (κ2) is 14.7. The van der Waals surface area contributed by atoms with Crippen molar-refractivity contribution in [1.82, 2.24) is 24.9 Å². The zero-order chi connectivity index (χ0) is 36.1. The smallest absolute Gasteiger partial charge is 0.161 e. The van der Waals surface area contributed by atoms with Crippen molar-refractivity contribution in [3.05, 3.63) is 200 Å². The maximum absolute atomic E-state index is 5.11. The summed E-state index contributed by atoms with van der Waals surface area (Å²) < 4.78 is 0. The fourth-order valence-corrected chi connectivity index (χ4v) is 6.63. The predicted octanol–water partition coefficient (Wildman–Crippen LogP) is 12.0. The van der Waals surface area contributed by atoms with E-state index >= 15 is 0 Å². The van der Waals surface area contributed by atoms with Gasteiger partial charge in [-0.25, -0.2) is 15.0 Å². The van der Waals surface area contributed by atoms with Crippen molar-refractivity contribution in [1.29, 1.82) is 0 Å². The monoisotopic (exact) mass is 691 g/mol. The highest BCUT2D eigenvalue weighted by atomic mass is 14.9. The van der Waals surface area contributed by atoms with Crippen molar-refractivity contribution < 1.29 is 0 Å². The Kier molecular flexibility index (Phi) is 8.86. The Morgan fingerprint density at radius 3 is 1.15 bits per heavy atom. The van der Waals surface area contributed by atoms with E-state index in [0.717, 1.165) is 84.2 Å². The number of aromatic nitrogens is 5. The zero-order valence-corrected chi connectivity index (χ0v) is 29.3. The van der Waals surface area contributed by atoms with Gasteiger partial charge in [-0.1, -0.05) is 127 Å². The molecule has 4 aromatic heterocycles. The molecule has 54 heavy (non-hydrogen) atoms. The van der Waals surface area contributed by atoms with E-state index in [-0.39, 0.29) is 0 Å². The van der Waals surface area contributed by atoms with Crippen LogP contribution >= 0.6 is 0 Å². The van der Waals surface area contributed by atoms with Crippen molar-refractivity contribution in [2.24, 2.45) is 0 Å². The van der Waals surface area contributed by atoms with Crippen LogP contribution < -0.4 is 0 Å².